The van der Waals surface area contributed by atoms with Crippen LogP contribution in [0.1, 0.15) is 39.5 Å². The second kappa shape index (κ2) is 12.3. The number of nitrogens with one attached hydrogen (secondary N) is 1. The van der Waals surface area contributed by atoms with Gasteiger partial charge in [-0.1, -0.05) is 26.2 Å². The van der Waals surface area contributed by atoms with Crippen LogP contribution < -0.4 is 5.32 Å². The van der Waals surface area contributed by atoms with Crippen molar-refractivity contribution < 1.29 is 4.74 Å². The van der Waals surface area contributed by atoms with Crippen LogP contribution in [0.25, 0.3) is 0 Å². The summed E-state index contributed by atoms with van der Waals surface area (Å²) in [5.74, 6) is 2.31. The van der Waals surface area contributed by atoms with Gasteiger partial charge < -0.3 is 10.1 Å². The highest BCUT2D eigenvalue weighted by Crippen LogP contribution is 2.03. The number of unbranched alkanes of at least 4 members (excludes halogenated alkanes) is 2. The van der Waals surface area contributed by atoms with E-state index in [1.54, 1.807) is 7.11 Å². The number of hydrogen-bond acceptors (Lipinski definition) is 3. The van der Waals surface area contributed by atoms with Gasteiger partial charge in [-0.25, -0.2) is 0 Å². The molecule has 15 heavy (non-hydrogen) atoms. The maximum absolute atomic E-state index is 4.99. The molecule has 3 heteroatoms. The number of rotatable bonds is 11. The first-order valence-electron chi connectivity index (χ1n) is 6.11. The van der Waals surface area contributed by atoms with Gasteiger partial charge in [0.15, 0.2) is 0 Å². The zero-order valence-electron chi connectivity index (χ0n) is 10.6. The molecule has 1 unspecified atom stereocenters. The van der Waals surface area contributed by atoms with Crippen LogP contribution in [0.5, 0.6) is 0 Å². The summed E-state index contributed by atoms with van der Waals surface area (Å²) < 4.78 is 4.99. The Morgan fingerprint density at radius 3 is 2.73 bits per heavy atom. The van der Waals surface area contributed by atoms with Crippen molar-refractivity contribution in [3.8, 4) is 0 Å². The molecule has 0 heterocycles. The summed E-state index contributed by atoms with van der Waals surface area (Å²) in [6.07, 6.45) is 5.37. The topological polar surface area (TPSA) is 21.3 Å². The Balaban J connectivity index is 3.06. The van der Waals surface area contributed by atoms with Crippen LogP contribution in [0.15, 0.2) is 0 Å². The van der Waals surface area contributed by atoms with Crippen LogP contribution in [-0.4, -0.2) is 37.8 Å². The highest BCUT2D eigenvalue weighted by atomic mass is 32.2. The summed E-state index contributed by atoms with van der Waals surface area (Å²) in [6, 6.07) is 0.680. The quantitative estimate of drug-likeness (QED) is 0.554. The van der Waals surface area contributed by atoms with Crippen molar-refractivity contribution in [1.82, 2.24) is 5.32 Å². The average Bonchev–Trinajstić information content (AvgIpc) is 2.23. The summed E-state index contributed by atoms with van der Waals surface area (Å²) in [4.78, 5) is 0. The smallest absolute Gasteiger partial charge is 0.0552 e. The van der Waals surface area contributed by atoms with Crippen molar-refractivity contribution in [2.24, 2.45) is 0 Å². The minimum atomic E-state index is 0.680. The number of ether oxygens (including phenoxy) is 1. The zero-order chi connectivity index (χ0) is 11.4. The summed E-state index contributed by atoms with van der Waals surface area (Å²) in [5, 5.41) is 3.56. The third kappa shape index (κ3) is 12.2. The lowest BCUT2D eigenvalue weighted by Crippen LogP contribution is -2.28. The molecule has 0 aliphatic carbocycles. The highest BCUT2D eigenvalue weighted by molar-refractivity contribution is 7.99. The number of hydrogen-bond donors (Lipinski definition) is 1. The second-order valence-corrected chi connectivity index (χ2v) is 5.18. The van der Waals surface area contributed by atoms with Gasteiger partial charge in [0, 0.05) is 31.2 Å². The van der Waals surface area contributed by atoms with E-state index < -0.39 is 0 Å². The average molecular weight is 233 g/mol. The molecule has 0 rings (SSSR count). The van der Waals surface area contributed by atoms with Gasteiger partial charge in [-0.2, -0.15) is 11.8 Å². The molecular weight excluding hydrogens is 206 g/mol. The molecule has 0 saturated heterocycles. The van der Waals surface area contributed by atoms with Crippen LogP contribution in [0.4, 0.5) is 0 Å². The predicted molar refractivity (Wildman–Crippen MR) is 70.8 cm³/mol. The molecule has 1 N–H and O–H groups in total. The predicted octanol–water partition coefficient (Wildman–Crippen LogP) is 2.92. The molecule has 2 nitrogen and oxygen atoms in total. The first-order valence-corrected chi connectivity index (χ1v) is 7.26. The Hall–Kier alpha value is 0.270. The van der Waals surface area contributed by atoms with Crippen LogP contribution in [0.3, 0.4) is 0 Å². The monoisotopic (exact) mass is 233 g/mol. The van der Waals surface area contributed by atoms with Gasteiger partial charge in [-0.05, 0) is 13.3 Å². The van der Waals surface area contributed by atoms with E-state index in [2.05, 4.69) is 19.2 Å². The minimum absolute atomic E-state index is 0.680. The molecule has 0 radical (unpaired) electrons. The lowest BCUT2D eigenvalue weighted by Gasteiger charge is -2.13. The van der Waals surface area contributed by atoms with Crippen molar-refractivity contribution in [3.63, 3.8) is 0 Å². The minimum Gasteiger partial charge on any atom is -0.384 e. The summed E-state index contributed by atoms with van der Waals surface area (Å²) >= 11 is 1.96. The van der Waals surface area contributed by atoms with Crippen LogP contribution in [0, 0.1) is 0 Å². The molecule has 0 aromatic rings. The second-order valence-electron chi connectivity index (χ2n) is 3.96. The van der Waals surface area contributed by atoms with E-state index in [9.17, 15) is 0 Å². The van der Waals surface area contributed by atoms with Gasteiger partial charge in [0.05, 0.1) is 6.61 Å². The normalized spacial score (nSPS) is 13.0. The van der Waals surface area contributed by atoms with E-state index in [-0.39, 0.29) is 0 Å². The van der Waals surface area contributed by atoms with E-state index in [0.29, 0.717) is 6.04 Å². The molecular formula is C12H27NOS. The van der Waals surface area contributed by atoms with E-state index >= 15 is 0 Å². The van der Waals surface area contributed by atoms with Gasteiger partial charge >= 0.3 is 0 Å². The fourth-order valence-corrected chi connectivity index (χ4v) is 2.18. The molecule has 0 saturated carbocycles. The molecule has 0 fully saturated rings. The van der Waals surface area contributed by atoms with Gasteiger partial charge in [0.25, 0.3) is 0 Å². The van der Waals surface area contributed by atoms with Crippen molar-refractivity contribution in [3.05, 3.63) is 0 Å². The molecule has 0 amide bonds. The molecule has 0 aromatic carbocycles. The molecule has 92 valence electrons. The van der Waals surface area contributed by atoms with Crippen LogP contribution in [0.2, 0.25) is 0 Å². The fraction of sp³-hybridized carbons (Fsp3) is 1.00. The van der Waals surface area contributed by atoms with Crippen molar-refractivity contribution >= 4 is 11.8 Å². The molecule has 0 aliphatic rings. The SMILES string of the molecule is CCCCCC(C)NCCSCCOC. The standard InChI is InChI=1S/C12H27NOS/c1-4-5-6-7-12(2)13-8-10-15-11-9-14-3/h12-13H,4-11H2,1-3H3. The van der Waals surface area contributed by atoms with Crippen molar-refractivity contribution in [2.45, 2.75) is 45.6 Å². The third-order valence-corrected chi connectivity index (χ3v) is 3.36. The molecule has 0 spiro atoms. The molecule has 0 aromatic heterocycles. The van der Waals surface area contributed by atoms with Crippen LogP contribution in [-0.2, 0) is 4.74 Å². The van der Waals surface area contributed by atoms with E-state index in [1.807, 2.05) is 11.8 Å². The largest absolute Gasteiger partial charge is 0.384 e. The van der Waals surface area contributed by atoms with Crippen molar-refractivity contribution in [1.29, 1.82) is 0 Å². The first-order chi connectivity index (χ1) is 7.31. The number of thioether (sulfide) groups is 1. The first kappa shape index (κ1) is 15.3. The Morgan fingerprint density at radius 1 is 1.27 bits per heavy atom. The fourth-order valence-electron chi connectivity index (χ4n) is 1.42. The number of methoxy groups -OCH3 is 1. The zero-order valence-corrected chi connectivity index (χ0v) is 11.4. The van der Waals surface area contributed by atoms with Crippen molar-refractivity contribution in [2.75, 3.05) is 31.8 Å². The Labute approximate surface area is 99.5 Å². The van der Waals surface area contributed by atoms with Gasteiger partial charge in [0.2, 0.25) is 0 Å². The summed E-state index contributed by atoms with van der Waals surface area (Å²) in [7, 11) is 1.76. The van der Waals surface area contributed by atoms with Gasteiger partial charge in [0.1, 0.15) is 0 Å². The van der Waals surface area contributed by atoms with E-state index in [4.69, 9.17) is 4.74 Å². The maximum atomic E-state index is 4.99. The van der Waals surface area contributed by atoms with Gasteiger partial charge in [-0.15, -0.1) is 0 Å². The lowest BCUT2D eigenvalue weighted by atomic mass is 10.1. The van der Waals surface area contributed by atoms with Crippen LogP contribution >= 0.6 is 11.8 Å². The van der Waals surface area contributed by atoms with Gasteiger partial charge in [-0.3, -0.25) is 0 Å². The Bertz CT molecular complexity index is 122. The molecule has 0 bridgehead atoms. The van der Waals surface area contributed by atoms with E-state index in [1.165, 1.54) is 31.4 Å². The Morgan fingerprint density at radius 2 is 2.07 bits per heavy atom. The highest BCUT2D eigenvalue weighted by Gasteiger charge is 1.99. The molecule has 0 aliphatic heterocycles. The third-order valence-electron chi connectivity index (χ3n) is 2.41. The molecule has 1 atom stereocenters. The Kier molecular flexibility index (Phi) is 12.6. The lowest BCUT2D eigenvalue weighted by molar-refractivity contribution is 0.218. The summed E-state index contributed by atoms with van der Waals surface area (Å²) in [6.45, 7) is 6.54. The van der Waals surface area contributed by atoms with E-state index in [0.717, 1.165) is 18.9 Å². The summed E-state index contributed by atoms with van der Waals surface area (Å²) in [5.41, 5.74) is 0. The maximum Gasteiger partial charge on any atom is 0.0552 e.